The van der Waals surface area contributed by atoms with E-state index in [2.05, 4.69) is 4.72 Å². The monoisotopic (exact) mass is 392 g/mol. The SMILES string of the molecule is CCc1ccc(S(=O)(=O)Nc2ccc(CCC(=O)N3CCCC3)cc2)s1. The molecule has 1 N–H and O–H groups in total. The highest BCUT2D eigenvalue weighted by Crippen LogP contribution is 2.24. The van der Waals surface area contributed by atoms with Gasteiger partial charge in [0.05, 0.1) is 0 Å². The number of benzene rings is 1. The van der Waals surface area contributed by atoms with E-state index in [1.165, 1.54) is 11.3 Å². The number of amides is 1. The first kappa shape index (κ1) is 18.9. The number of nitrogens with zero attached hydrogens (tertiary/aromatic N) is 1. The number of carbonyl (C=O) groups is 1. The number of likely N-dealkylation sites (tertiary alicyclic amines) is 1. The molecular formula is C19H24N2O3S2. The van der Waals surface area contributed by atoms with Gasteiger partial charge in [0.1, 0.15) is 4.21 Å². The van der Waals surface area contributed by atoms with E-state index in [4.69, 9.17) is 0 Å². The second-order valence-electron chi connectivity index (χ2n) is 6.46. The summed E-state index contributed by atoms with van der Waals surface area (Å²) in [7, 11) is -3.54. The Morgan fingerprint density at radius 3 is 2.42 bits per heavy atom. The molecular weight excluding hydrogens is 368 g/mol. The van der Waals surface area contributed by atoms with E-state index in [1.807, 2.05) is 30.0 Å². The summed E-state index contributed by atoms with van der Waals surface area (Å²) in [6.45, 7) is 3.76. The van der Waals surface area contributed by atoms with Crippen molar-refractivity contribution in [1.82, 2.24) is 4.90 Å². The van der Waals surface area contributed by atoms with Crippen molar-refractivity contribution in [3.63, 3.8) is 0 Å². The van der Waals surface area contributed by atoms with Crippen LogP contribution in [0.25, 0.3) is 0 Å². The number of carbonyl (C=O) groups excluding carboxylic acids is 1. The van der Waals surface area contributed by atoms with E-state index in [9.17, 15) is 13.2 Å². The van der Waals surface area contributed by atoms with Crippen LogP contribution in [0.2, 0.25) is 0 Å². The van der Waals surface area contributed by atoms with Gasteiger partial charge < -0.3 is 4.90 Å². The normalized spacial score (nSPS) is 14.6. The molecule has 0 saturated carbocycles. The molecule has 0 spiro atoms. The minimum absolute atomic E-state index is 0.205. The van der Waals surface area contributed by atoms with Gasteiger partial charge in [-0.3, -0.25) is 9.52 Å². The highest BCUT2D eigenvalue weighted by molar-refractivity contribution is 7.94. The third kappa shape index (κ3) is 4.65. The maximum Gasteiger partial charge on any atom is 0.271 e. The Kier molecular flexibility index (Phi) is 5.98. The van der Waals surface area contributed by atoms with Crippen molar-refractivity contribution >= 4 is 33.0 Å². The molecule has 5 nitrogen and oxygen atoms in total. The second kappa shape index (κ2) is 8.22. The molecule has 1 aliphatic heterocycles. The zero-order chi connectivity index (χ0) is 18.6. The van der Waals surface area contributed by atoms with E-state index < -0.39 is 10.0 Å². The standard InChI is InChI=1S/C19H24N2O3S2/c1-2-17-10-12-19(25-17)26(23,24)20-16-8-5-15(6-9-16)7-11-18(22)21-13-3-4-14-21/h5-6,8-10,12,20H,2-4,7,11,13-14H2,1H3. The van der Waals surface area contributed by atoms with Crippen molar-refractivity contribution < 1.29 is 13.2 Å². The molecule has 2 heterocycles. The Labute approximate surface area is 159 Å². The highest BCUT2D eigenvalue weighted by atomic mass is 32.2. The molecule has 1 saturated heterocycles. The Morgan fingerprint density at radius 1 is 1.12 bits per heavy atom. The van der Waals surface area contributed by atoms with Gasteiger partial charge >= 0.3 is 0 Å². The first-order valence-electron chi connectivity index (χ1n) is 8.96. The van der Waals surface area contributed by atoms with Crippen molar-refractivity contribution in [1.29, 1.82) is 0 Å². The molecule has 0 radical (unpaired) electrons. The maximum atomic E-state index is 12.4. The predicted molar refractivity (Wildman–Crippen MR) is 105 cm³/mol. The van der Waals surface area contributed by atoms with Crippen LogP contribution >= 0.6 is 11.3 Å². The Balaban J connectivity index is 1.57. The van der Waals surface area contributed by atoms with Crippen LogP contribution in [0, 0.1) is 0 Å². The Hall–Kier alpha value is -1.86. The molecule has 7 heteroatoms. The molecule has 1 amide bonds. The predicted octanol–water partition coefficient (Wildman–Crippen LogP) is 3.67. The molecule has 1 aliphatic rings. The average molecular weight is 393 g/mol. The largest absolute Gasteiger partial charge is 0.343 e. The number of rotatable bonds is 7. The minimum atomic E-state index is -3.54. The van der Waals surface area contributed by atoms with Gasteiger partial charge in [-0.05, 0) is 55.5 Å². The number of sulfonamides is 1. The van der Waals surface area contributed by atoms with Crippen LogP contribution in [0.5, 0.6) is 0 Å². The second-order valence-corrected chi connectivity index (χ2v) is 9.54. The van der Waals surface area contributed by atoms with Gasteiger partial charge in [-0.1, -0.05) is 19.1 Å². The van der Waals surface area contributed by atoms with E-state index in [1.54, 1.807) is 18.2 Å². The molecule has 1 aromatic heterocycles. The number of hydrogen-bond acceptors (Lipinski definition) is 4. The van der Waals surface area contributed by atoms with Crippen molar-refractivity contribution in [3.8, 4) is 0 Å². The zero-order valence-corrected chi connectivity index (χ0v) is 16.5. The molecule has 0 bridgehead atoms. The lowest BCUT2D eigenvalue weighted by molar-refractivity contribution is -0.130. The highest BCUT2D eigenvalue weighted by Gasteiger charge is 2.18. The van der Waals surface area contributed by atoms with E-state index in [-0.39, 0.29) is 5.91 Å². The first-order chi connectivity index (χ1) is 12.5. The molecule has 0 aliphatic carbocycles. The van der Waals surface area contributed by atoms with Crippen molar-refractivity contribution in [3.05, 3.63) is 46.8 Å². The van der Waals surface area contributed by atoms with Gasteiger partial charge in [-0.15, -0.1) is 11.3 Å². The molecule has 1 fully saturated rings. The van der Waals surface area contributed by atoms with Crippen LogP contribution in [0.3, 0.4) is 0 Å². The van der Waals surface area contributed by atoms with Crippen molar-refractivity contribution in [2.24, 2.45) is 0 Å². The van der Waals surface area contributed by atoms with Crippen LogP contribution in [0.4, 0.5) is 5.69 Å². The van der Waals surface area contributed by atoms with Gasteiger partial charge in [0.25, 0.3) is 10.0 Å². The average Bonchev–Trinajstić information content (AvgIpc) is 3.32. The van der Waals surface area contributed by atoms with Crippen molar-refractivity contribution in [2.75, 3.05) is 17.8 Å². The lowest BCUT2D eigenvalue weighted by Crippen LogP contribution is -2.27. The van der Waals surface area contributed by atoms with Crippen LogP contribution in [0.15, 0.2) is 40.6 Å². The number of nitrogens with one attached hydrogen (secondary N) is 1. The quantitative estimate of drug-likeness (QED) is 0.782. The summed E-state index contributed by atoms with van der Waals surface area (Å²) in [6, 6.07) is 10.7. The fourth-order valence-corrected chi connectivity index (χ4v) is 5.37. The van der Waals surface area contributed by atoms with E-state index in [0.717, 1.165) is 42.8 Å². The molecule has 3 rings (SSSR count). The molecule has 0 unspecified atom stereocenters. The summed E-state index contributed by atoms with van der Waals surface area (Å²) in [5, 5.41) is 0. The zero-order valence-electron chi connectivity index (χ0n) is 14.9. The summed E-state index contributed by atoms with van der Waals surface area (Å²) >= 11 is 1.29. The summed E-state index contributed by atoms with van der Waals surface area (Å²) in [5.41, 5.74) is 1.57. The third-order valence-corrected chi connectivity index (χ3v) is 7.65. The summed E-state index contributed by atoms with van der Waals surface area (Å²) in [5.74, 6) is 0.205. The van der Waals surface area contributed by atoms with E-state index >= 15 is 0 Å². The third-order valence-electron chi connectivity index (χ3n) is 4.54. The van der Waals surface area contributed by atoms with Crippen LogP contribution in [-0.4, -0.2) is 32.3 Å². The number of aryl methyl sites for hydroxylation is 2. The summed E-state index contributed by atoms with van der Waals surface area (Å²) < 4.78 is 27.8. The fraction of sp³-hybridized carbons (Fsp3) is 0.421. The minimum Gasteiger partial charge on any atom is -0.343 e. The first-order valence-corrected chi connectivity index (χ1v) is 11.3. The molecule has 2 aromatic rings. The van der Waals surface area contributed by atoms with Gasteiger partial charge in [0.2, 0.25) is 5.91 Å². The van der Waals surface area contributed by atoms with Gasteiger partial charge in [-0.25, -0.2) is 8.42 Å². The lowest BCUT2D eigenvalue weighted by Gasteiger charge is -2.15. The number of hydrogen-bond donors (Lipinski definition) is 1. The topological polar surface area (TPSA) is 66.5 Å². The fourth-order valence-electron chi connectivity index (χ4n) is 3.01. The van der Waals surface area contributed by atoms with Crippen LogP contribution in [-0.2, 0) is 27.7 Å². The molecule has 1 aromatic carbocycles. The van der Waals surface area contributed by atoms with Gasteiger partial charge in [0.15, 0.2) is 0 Å². The van der Waals surface area contributed by atoms with Crippen LogP contribution in [0.1, 0.15) is 36.6 Å². The smallest absolute Gasteiger partial charge is 0.271 e. The maximum absolute atomic E-state index is 12.4. The van der Waals surface area contributed by atoms with Gasteiger partial charge in [0, 0.05) is 30.1 Å². The number of thiophene rings is 1. The Morgan fingerprint density at radius 2 is 1.81 bits per heavy atom. The lowest BCUT2D eigenvalue weighted by atomic mass is 10.1. The van der Waals surface area contributed by atoms with Crippen molar-refractivity contribution in [2.45, 2.75) is 43.2 Å². The van der Waals surface area contributed by atoms with E-state index in [0.29, 0.717) is 22.7 Å². The van der Waals surface area contributed by atoms with Gasteiger partial charge in [-0.2, -0.15) is 0 Å². The number of anilines is 1. The molecule has 0 atom stereocenters. The summed E-state index contributed by atoms with van der Waals surface area (Å²) in [4.78, 5) is 15.1. The molecule has 140 valence electrons. The molecule has 26 heavy (non-hydrogen) atoms. The van der Waals surface area contributed by atoms with Crippen LogP contribution < -0.4 is 4.72 Å². The Bertz CT molecular complexity index is 851. The summed E-state index contributed by atoms with van der Waals surface area (Å²) in [6.07, 6.45) is 4.20.